The van der Waals surface area contributed by atoms with Crippen molar-refractivity contribution in [3.05, 3.63) is 56.7 Å². The number of benzene rings is 1. The lowest BCUT2D eigenvalue weighted by Crippen LogP contribution is -1.81. The summed E-state index contributed by atoms with van der Waals surface area (Å²) in [5, 5.41) is 0. The molecule has 1 aromatic heterocycles. The molecular formula is C14H12OS3. The van der Waals surface area contributed by atoms with Gasteiger partial charge in [0.1, 0.15) is 9.57 Å². The van der Waals surface area contributed by atoms with Gasteiger partial charge in [0.05, 0.1) is 7.11 Å². The van der Waals surface area contributed by atoms with Gasteiger partial charge in [-0.05, 0) is 29.8 Å². The summed E-state index contributed by atoms with van der Waals surface area (Å²) >= 11 is 5.08. The highest BCUT2D eigenvalue weighted by Crippen LogP contribution is 2.19. The summed E-state index contributed by atoms with van der Waals surface area (Å²) in [4.78, 5) is 1.20. The summed E-state index contributed by atoms with van der Waals surface area (Å²) < 4.78 is 6.05. The van der Waals surface area contributed by atoms with Crippen molar-refractivity contribution >= 4 is 45.1 Å². The topological polar surface area (TPSA) is 9.23 Å². The second-order valence-electron chi connectivity index (χ2n) is 3.52. The van der Waals surface area contributed by atoms with Crippen LogP contribution in [0.1, 0.15) is 10.4 Å². The molecule has 0 unspecified atom stereocenters. The molecule has 0 radical (unpaired) electrons. The number of ether oxygens (including phenoxy) is 1. The molecule has 0 saturated heterocycles. The van der Waals surface area contributed by atoms with Gasteiger partial charge in [-0.3, -0.25) is 0 Å². The number of hydrogen-bond acceptors (Lipinski definition) is 4. The van der Waals surface area contributed by atoms with Crippen LogP contribution in [0.3, 0.4) is 0 Å². The van der Waals surface area contributed by atoms with Gasteiger partial charge in [0, 0.05) is 4.88 Å². The van der Waals surface area contributed by atoms with E-state index < -0.39 is 0 Å². The Bertz CT molecular complexity index is 602. The molecule has 0 N–H and O–H groups in total. The van der Waals surface area contributed by atoms with Gasteiger partial charge in [-0.25, -0.2) is 0 Å². The second kappa shape index (κ2) is 6.64. The van der Waals surface area contributed by atoms with Gasteiger partial charge in [-0.2, -0.15) is 0 Å². The minimum absolute atomic E-state index is 0.876. The zero-order valence-electron chi connectivity index (χ0n) is 9.83. The molecule has 0 aliphatic heterocycles. The zero-order valence-corrected chi connectivity index (χ0v) is 12.3. The van der Waals surface area contributed by atoms with Crippen molar-refractivity contribution in [2.24, 2.45) is 0 Å². The molecule has 0 amide bonds. The Balaban J connectivity index is 1.98. The lowest BCUT2D eigenvalue weighted by atomic mass is 10.2. The lowest BCUT2D eigenvalue weighted by Gasteiger charge is -1.98. The monoisotopic (exact) mass is 292 g/mol. The highest BCUT2D eigenvalue weighted by molar-refractivity contribution is 7.79. The molecule has 0 fully saturated rings. The SMILES string of the molecule is COc1ccc(C=CC=Cc2cc(=S)ss2)cc1. The van der Waals surface area contributed by atoms with E-state index in [1.165, 1.54) is 4.88 Å². The van der Waals surface area contributed by atoms with Crippen LogP contribution in [0.5, 0.6) is 5.75 Å². The summed E-state index contributed by atoms with van der Waals surface area (Å²) in [5.74, 6) is 0.876. The van der Waals surface area contributed by atoms with Crippen LogP contribution in [-0.2, 0) is 0 Å². The molecule has 0 saturated carbocycles. The van der Waals surface area contributed by atoms with Crippen molar-refractivity contribution < 1.29 is 4.74 Å². The summed E-state index contributed by atoms with van der Waals surface area (Å²) in [6.45, 7) is 0. The molecule has 2 rings (SSSR count). The van der Waals surface area contributed by atoms with Crippen molar-refractivity contribution in [3.8, 4) is 5.75 Å². The Labute approximate surface area is 119 Å². The first-order valence-corrected chi connectivity index (χ1v) is 7.93. The maximum atomic E-state index is 5.11. The number of methoxy groups -OCH3 is 1. The van der Waals surface area contributed by atoms with Crippen LogP contribution >= 0.6 is 32.9 Å². The minimum Gasteiger partial charge on any atom is -0.497 e. The standard InChI is InChI=1S/C14H12OS3/c1-15-12-8-6-11(7-9-12)4-2-3-5-13-10-14(16)18-17-13/h2-10H,1H3. The van der Waals surface area contributed by atoms with Crippen LogP contribution in [-0.4, -0.2) is 7.11 Å². The van der Waals surface area contributed by atoms with Crippen molar-refractivity contribution in [3.63, 3.8) is 0 Å². The zero-order chi connectivity index (χ0) is 12.8. The molecule has 18 heavy (non-hydrogen) atoms. The molecular weight excluding hydrogens is 280 g/mol. The molecule has 2 aromatic rings. The average molecular weight is 292 g/mol. The molecule has 1 nitrogen and oxygen atoms in total. The van der Waals surface area contributed by atoms with Gasteiger partial charge in [0.15, 0.2) is 0 Å². The average Bonchev–Trinajstić information content (AvgIpc) is 2.81. The van der Waals surface area contributed by atoms with Crippen LogP contribution in [0.15, 0.2) is 42.5 Å². The first-order valence-electron chi connectivity index (χ1n) is 5.37. The fourth-order valence-corrected chi connectivity index (χ4v) is 3.59. The summed E-state index contributed by atoms with van der Waals surface area (Å²) in [6.07, 6.45) is 8.17. The lowest BCUT2D eigenvalue weighted by molar-refractivity contribution is 0.415. The maximum Gasteiger partial charge on any atom is 0.118 e. The predicted octanol–water partition coefficient (Wildman–Crippen LogP) is 5.27. The van der Waals surface area contributed by atoms with Gasteiger partial charge in [-0.1, -0.05) is 63.3 Å². The minimum atomic E-state index is 0.876. The molecule has 4 heteroatoms. The van der Waals surface area contributed by atoms with Gasteiger partial charge in [-0.15, -0.1) is 0 Å². The van der Waals surface area contributed by atoms with Crippen LogP contribution in [0.4, 0.5) is 0 Å². The third kappa shape index (κ3) is 3.91. The second-order valence-corrected chi connectivity index (χ2v) is 6.47. The number of rotatable bonds is 4. The van der Waals surface area contributed by atoms with Gasteiger partial charge < -0.3 is 4.74 Å². The number of allylic oxidation sites excluding steroid dienone is 2. The largest absolute Gasteiger partial charge is 0.497 e. The van der Waals surface area contributed by atoms with E-state index in [-0.39, 0.29) is 0 Å². The number of hydrogen-bond donors (Lipinski definition) is 0. The van der Waals surface area contributed by atoms with Crippen molar-refractivity contribution in [1.29, 1.82) is 0 Å². The van der Waals surface area contributed by atoms with Gasteiger partial charge >= 0.3 is 0 Å². The van der Waals surface area contributed by atoms with Gasteiger partial charge in [0.2, 0.25) is 0 Å². The van der Waals surface area contributed by atoms with Crippen LogP contribution in [0, 0.1) is 3.82 Å². The first-order chi connectivity index (χ1) is 8.78. The quantitative estimate of drug-likeness (QED) is 0.431. The summed E-state index contributed by atoms with van der Waals surface area (Å²) in [7, 11) is 5.00. The first kappa shape index (κ1) is 13.2. The molecule has 0 bridgehead atoms. The Morgan fingerprint density at radius 3 is 2.39 bits per heavy atom. The van der Waals surface area contributed by atoms with Crippen molar-refractivity contribution in [1.82, 2.24) is 0 Å². The third-order valence-corrected chi connectivity index (χ3v) is 5.12. The van der Waals surface area contributed by atoms with Crippen molar-refractivity contribution in [2.75, 3.05) is 7.11 Å². The smallest absolute Gasteiger partial charge is 0.118 e. The normalized spacial score (nSPS) is 11.4. The molecule has 0 spiro atoms. The highest BCUT2D eigenvalue weighted by Gasteiger charge is 1.90. The van der Waals surface area contributed by atoms with Crippen LogP contribution < -0.4 is 4.74 Å². The molecule has 0 atom stereocenters. The Hall–Kier alpha value is -1.23. The molecule has 92 valence electrons. The van der Waals surface area contributed by atoms with E-state index in [0.29, 0.717) is 0 Å². The van der Waals surface area contributed by atoms with E-state index in [0.717, 1.165) is 15.1 Å². The van der Waals surface area contributed by atoms with E-state index in [2.05, 4.69) is 12.2 Å². The van der Waals surface area contributed by atoms with E-state index in [4.69, 9.17) is 17.0 Å². The predicted molar refractivity (Wildman–Crippen MR) is 84.1 cm³/mol. The molecule has 0 aliphatic rings. The van der Waals surface area contributed by atoms with E-state index >= 15 is 0 Å². The fraction of sp³-hybridized carbons (Fsp3) is 0.0714. The van der Waals surface area contributed by atoms with E-state index in [1.54, 1.807) is 27.8 Å². The molecule has 1 heterocycles. The molecule has 1 aromatic carbocycles. The van der Waals surface area contributed by atoms with Crippen LogP contribution in [0.2, 0.25) is 0 Å². The Kier molecular flexibility index (Phi) is 4.87. The van der Waals surface area contributed by atoms with Crippen LogP contribution in [0.25, 0.3) is 12.2 Å². The van der Waals surface area contributed by atoms with Crippen molar-refractivity contribution in [2.45, 2.75) is 0 Å². The van der Waals surface area contributed by atoms with Gasteiger partial charge in [0.25, 0.3) is 0 Å². The fourth-order valence-electron chi connectivity index (χ4n) is 1.36. The third-order valence-electron chi connectivity index (χ3n) is 2.26. The van der Waals surface area contributed by atoms with E-state index in [9.17, 15) is 0 Å². The summed E-state index contributed by atoms with van der Waals surface area (Å²) in [6, 6.07) is 9.97. The van der Waals surface area contributed by atoms with E-state index in [1.807, 2.05) is 42.5 Å². The summed E-state index contributed by atoms with van der Waals surface area (Å²) in [5.41, 5.74) is 1.15. The maximum absolute atomic E-state index is 5.11. The molecule has 0 aliphatic carbocycles. The highest BCUT2D eigenvalue weighted by atomic mass is 32.9. The Morgan fingerprint density at radius 2 is 1.78 bits per heavy atom. The Morgan fingerprint density at radius 1 is 1.06 bits per heavy atom.